The van der Waals surface area contributed by atoms with Gasteiger partial charge in [0.2, 0.25) is 10.0 Å². The molecule has 7 nitrogen and oxygen atoms in total. The van der Waals surface area contributed by atoms with Crippen LogP contribution < -0.4 is 5.32 Å². The molecule has 28 heavy (non-hydrogen) atoms. The first-order valence-electron chi connectivity index (χ1n) is 8.30. The Morgan fingerprint density at radius 1 is 1.14 bits per heavy atom. The van der Waals surface area contributed by atoms with Crippen LogP contribution in [-0.2, 0) is 16.6 Å². The molecule has 3 aromatic rings. The van der Waals surface area contributed by atoms with Gasteiger partial charge in [0, 0.05) is 37.3 Å². The van der Waals surface area contributed by atoms with Crippen molar-refractivity contribution >= 4 is 27.5 Å². The minimum atomic E-state index is -3.48. The zero-order chi connectivity index (χ0) is 20.3. The normalized spacial score (nSPS) is 11.6. The Morgan fingerprint density at radius 3 is 2.50 bits per heavy atom. The molecule has 0 bridgehead atoms. The first-order valence-corrected chi connectivity index (χ1v) is 10.1. The van der Waals surface area contributed by atoms with Gasteiger partial charge in [0.1, 0.15) is 0 Å². The summed E-state index contributed by atoms with van der Waals surface area (Å²) in [5, 5.41) is 7.07. The number of hydrogen-bond acceptors (Lipinski definition) is 5. The van der Waals surface area contributed by atoms with Gasteiger partial charge in [-0.05, 0) is 29.8 Å². The van der Waals surface area contributed by atoms with Crippen molar-refractivity contribution in [2.24, 2.45) is 0 Å². The molecule has 1 aromatic heterocycles. The van der Waals surface area contributed by atoms with Gasteiger partial charge in [-0.1, -0.05) is 41.0 Å². The van der Waals surface area contributed by atoms with Crippen LogP contribution in [0.1, 0.15) is 16.1 Å². The summed E-state index contributed by atoms with van der Waals surface area (Å²) >= 11 is 5.96. The van der Waals surface area contributed by atoms with E-state index < -0.39 is 15.9 Å². The van der Waals surface area contributed by atoms with Crippen LogP contribution in [0.4, 0.5) is 0 Å². The van der Waals surface area contributed by atoms with Crippen LogP contribution in [0.2, 0.25) is 5.02 Å². The number of amides is 1. The molecule has 0 radical (unpaired) electrons. The molecule has 0 fully saturated rings. The van der Waals surface area contributed by atoms with E-state index in [9.17, 15) is 13.2 Å². The molecule has 0 saturated heterocycles. The van der Waals surface area contributed by atoms with Gasteiger partial charge in [-0.15, -0.1) is 0 Å². The lowest BCUT2D eigenvalue weighted by Gasteiger charge is -2.11. The van der Waals surface area contributed by atoms with Gasteiger partial charge in [-0.2, -0.15) is 0 Å². The first kappa shape index (κ1) is 20.1. The summed E-state index contributed by atoms with van der Waals surface area (Å²) in [5.41, 5.74) is 1.61. The molecule has 0 aliphatic rings. The highest BCUT2D eigenvalue weighted by Gasteiger charge is 2.17. The third-order valence-electron chi connectivity index (χ3n) is 4.01. The molecule has 0 aliphatic carbocycles. The van der Waals surface area contributed by atoms with Crippen molar-refractivity contribution in [3.05, 3.63) is 70.9 Å². The Kier molecular flexibility index (Phi) is 5.83. The van der Waals surface area contributed by atoms with Gasteiger partial charge >= 0.3 is 0 Å². The van der Waals surface area contributed by atoms with Crippen molar-refractivity contribution < 1.29 is 17.7 Å². The number of carbonyl (C=O) groups is 1. The van der Waals surface area contributed by atoms with Crippen LogP contribution in [-0.4, -0.2) is 37.9 Å². The van der Waals surface area contributed by atoms with Gasteiger partial charge in [-0.3, -0.25) is 4.79 Å². The second-order valence-corrected chi connectivity index (χ2v) is 8.79. The molecule has 1 amide bonds. The average molecular weight is 420 g/mol. The number of rotatable bonds is 6. The van der Waals surface area contributed by atoms with E-state index in [-0.39, 0.29) is 17.1 Å². The van der Waals surface area contributed by atoms with Crippen molar-refractivity contribution in [3.8, 4) is 11.3 Å². The molecule has 9 heteroatoms. The quantitative estimate of drug-likeness (QED) is 0.662. The molecule has 3 rings (SSSR count). The standard InChI is InChI=1S/C19H18ClN3O4S/c1-23(2)28(25,26)16-8-6-13(7-9-16)12-21-19(24)17-11-18(27-22-17)14-4-3-5-15(20)10-14/h3-11H,12H2,1-2H3,(H,21,24). The molecule has 0 aliphatic heterocycles. The Labute approximate surface area is 168 Å². The number of sulfonamides is 1. The number of carbonyl (C=O) groups excluding carboxylic acids is 1. The Balaban J connectivity index is 1.65. The van der Waals surface area contributed by atoms with Crippen LogP contribution in [0, 0.1) is 0 Å². The van der Waals surface area contributed by atoms with E-state index in [2.05, 4.69) is 10.5 Å². The van der Waals surface area contributed by atoms with Gasteiger partial charge in [-0.25, -0.2) is 12.7 Å². The number of halogens is 1. The van der Waals surface area contributed by atoms with Crippen LogP contribution in [0.15, 0.2) is 64.0 Å². The summed E-state index contributed by atoms with van der Waals surface area (Å²) in [4.78, 5) is 12.5. The van der Waals surface area contributed by atoms with E-state index in [4.69, 9.17) is 16.1 Å². The molecule has 1 heterocycles. The van der Waals surface area contributed by atoms with E-state index in [0.717, 1.165) is 15.4 Å². The fourth-order valence-corrected chi connectivity index (χ4v) is 3.51. The van der Waals surface area contributed by atoms with Crippen molar-refractivity contribution in [3.63, 3.8) is 0 Å². The van der Waals surface area contributed by atoms with Gasteiger partial charge in [0.05, 0.1) is 4.90 Å². The Morgan fingerprint density at radius 2 is 1.86 bits per heavy atom. The highest BCUT2D eigenvalue weighted by atomic mass is 35.5. The predicted octanol–water partition coefficient (Wildman–Crippen LogP) is 3.18. The molecule has 146 valence electrons. The largest absolute Gasteiger partial charge is 0.355 e. The zero-order valence-corrected chi connectivity index (χ0v) is 16.8. The van der Waals surface area contributed by atoms with E-state index in [1.54, 1.807) is 36.4 Å². The second-order valence-electron chi connectivity index (χ2n) is 6.20. The molecule has 0 saturated carbocycles. The summed E-state index contributed by atoms with van der Waals surface area (Å²) < 4.78 is 30.5. The van der Waals surface area contributed by atoms with Crippen molar-refractivity contribution in [1.29, 1.82) is 0 Å². The minimum absolute atomic E-state index is 0.141. The third kappa shape index (κ3) is 4.41. The molecule has 0 atom stereocenters. The smallest absolute Gasteiger partial charge is 0.273 e. The lowest BCUT2D eigenvalue weighted by Crippen LogP contribution is -2.23. The third-order valence-corrected chi connectivity index (χ3v) is 6.07. The molecular formula is C19H18ClN3O4S. The van der Waals surface area contributed by atoms with Crippen LogP contribution in [0.25, 0.3) is 11.3 Å². The fraction of sp³-hybridized carbons (Fsp3) is 0.158. The number of aromatic nitrogens is 1. The van der Waals surface area contributed by atoms with Crippen LogP contribution in [0.3, 0.4) is 0 Å². The van der Waals surface area contributed by atoms with E-state index in [0.29, 0.717) is 10.8 Å². The lowest BCUT2D eigenvalue weighted by molar-refractivity contribution is 0.0942. The monoisotopic (exact) mass is 419 g/mol. The number of hydrogen-bond donors (Lipinski definition) is 1. The van der Waals surface area contributed by atoms with Crippen molar-refractivity contribution in [2.45, 2.75) is 11.4 Å². The van der Waals surface area contributed by atoms with E-state index in [1.165, 1.54) is 32.3 Å². The summed E-state index contributed by atoms with van der Waals surface area (Å²) in [6.45, 7) is 0.223. The zero-order valence-electron chi connectivity index (χ0n) is 15.2. The van der Waals surface area contributed by atoms with Crippen LogP contribution >= 0.6 is 11.6 Å². The average Bonchev–Trinajstić information content (AvgIpc) is 3.16. The molecular weight excluding hydrogens is 402 g/mol. The van der Waals surface area contributed by atoms with Crippen molar-refractivity contribution in [2.75, 3.05) is 14.1 Å². The molecule has 1 N–H and O–H groups in total. The molecule has 0 unspecified atom stereocenters. The summed E-state index contributed by atoms with van der Waals surface area (Å²) in [7, 11) is -0.538. The number of nitrogens with one attached hydrogen (secondary N) is 1. The Bertz CT molecular complexity index is 1090. The van der Waals surface area contributed by atoms with E-state index >= 15 is 0 Å². The second kappa shape index (κ2) is 8.14. The maximum absolute atomic E-state index is 12.3. The number of benzene rings is 2. The minimum Gasteiger partial charge on any atom is -0.355 e. The van der Waals surface area contributed by atoms with Gasteiger partial charge in [0.15, 0.2) is 11.5 Å². The van der Waals surface area contributed by atoms with Gasteiger partial charge < -0.3 is 9.84 Å². The highest BCUT2D eigenvalue weighted by molar-refractivity contribution is 7.89. The molecule has 0 spiro atoms. The number of nitrogens with zero attached hydrogens (tertiary/aromatic N) is 2. The first-order chi connectivity index (χ1) is 13.3. The SMILES string of the molecule is CN(C)S(=O)(=O)c1ccc(CNC(=O)c2cc(-c3cccc(Cl)c3)on2)cc1. The topological polar surface area (TPSA) is 92.5 Å². The predicted molar refractivity (Wildman–Crippen MR) is 105 cm³/mol. The summed E-state index contributed by atoms with van der Waals surface area (Å²) in [5.74, 6) is 0.0351. The van der Waals surface area contributed by atoms with Crippen molar-refractivity contribution in [1.82, 2.24) is 14.8 Å². The highest BCUT2D eigenvalue weighted by Crippen LogP contribution is 2.23. The summed E-state index contributed by atoms with van der Waals surface area (Å²) in [6, 6.07) is 14.9. The summed E-state index contributed by atoms with van der Waals surface area (Å²) in [6.07, 6.45) is 0. The Hall–Kier alpha value is -2.68. The maximum Gasteiger partial charge on any atom is 0.273 e. The lowest BCUT2D eigenvalue weighted by atomic mass is 10.1. The van der Waals surface area contributed by atoms with Gasteiger partial charge in [0.25, 0.3) is 5.91 Å². The van der Waals surface area contributed by atoms with E-state index in [1.807, 2.05) is 0 Å². The maximum atomic E-state index is 12.3. The fourth-order valence-electron chi connectivity index (χ4n) is 2.42. The van der Waals surface area contributed by atoms with Crippen LogP contribution in [0.5, 0.6) is 0 Å². The molecule has 2 aromatic carbocycles.